The molecule has 2 atom stereocenters. The van der Waals surface area contributed by atoms with Crippen LogP contribution in [0.4, 0.5) is 0 Å². The zero-order valence-corrected chi connectivity index (χ0v) is 30.7. The zero-order valence-electron chi connectivity index (χ0n) is 30.7. The van der Waals surface area contributed by atoms with E-state index in [1.165, 1.54) is 128 Å². The molecular weight excluding hydrogens is 544 g/mol. The molecule has 0 N–H and O–H groups in total. The van der Waals surface area contributed by atoms with Crippen molar-refractivity contribution in [2.24, 2.45) is 23.7 Å². The molecule has 0 amide bonds. The number of unbranched alkanes of at least 4 members (excludes halogenated alkanes) is 21. The molecule has 0 saturated carbocycles. The maximum atomic E-state index is 13.1. The molecule has 0 aliphatic carbocycles. The SMILES string of the molecule is CCCCCCCCOC(=O)CCCCCCCCCCCCCCC(C(C)C)C(C(=O)OCCCCCCCC)C(C)C. The van der Waals surface area contributed by atoms with Crippen molar-refractivity contribution in [3.05, 3.63) is 0 Å². The lowest BCUT2D eigenvalue weighted by atomic mass is 9.74. The molecule has 0 heterocycles. The smallest absolute Gasteiger partial charge is 0.309 e. The van der Waals surface area contributed by atoms with Gasteiger partial charge in [0.1, 0.15) is 0 Å². The van der Waals surface area contributed by atoms with E-state index < -0.39 is 0 Å². The Kier molecular flexibility index (Phi) is 31.1. The molecule has 4 nitrogen and oxygen atoms in total. The highest BCUT2D eigenvalue weighted by atomic mass is 16.5. The largest absolute Gasteiger partial charge is 0.466 e. The molecule has 0 aliphatic rings. The van der Waals surface area contributed by atoms with Crippen molar-refractivity contribution in [1.82, 2.24) is 0 Å². The van der Waals surface area contributed by atoms with Crippen LogP contribution in [-0.4, -0.2) is 25.2 Å². The molecule has 0 saturated heterocycles. The maximum absolute atomic E-state index is 13.1. The first kappa shape index (κ1) is 42.9. The normalized spacial score (nSPS) is 13.0. The van der Waals surface area contributed by atoms with Gasteiger partial charge in [0.25, 0.3) is 0 Å². The van der Waals surface area contributed by atoms with Gasteiger partial charge in [-0.05, 0) is 43.4 Å². The van der Waals surface area contributed by atoms with Gasteiger partial charge < -0.3 is 9.47 Å². The molecule has 44 heavy (non-hydrogen) atoms. The van der Waals surface area contributed by atoms with Gasteiger partial charge in [0.15, 0.2) is 0 Å². The van der Waals surface area contributed by atoms with Gasteiger partial charge >= 0.3 is 11.9 Å². The van der Waals surface area contributed by atoms with Crippen LogP contribution < -0.4 is 0 Å². The summed E-state index contributed by atoms with van der Waals surface area (Å²) in [7, 11) is 0. The topological polar surface area (TPSA) is 52.6 Å². The van der Waals surface area contributed by atoms with E-state index in [-0.39, 0.29) is 17.9 Å². The molecular formula is C40H78O4. The van der Waals surface area contributed by atoms with Crippen molar-refractivity contribution in [1.29, 1.82) is 0 Å². The molecule has 0 fully saturated rings. The minimum Gasteiger partial charge on any atom is -0.466 e. The summed E-state index contributed by atoms with van der Waals surface area (Å²) in [5, 5.41) is 0. The van der Waals surface area contributed by atoms with E-state index in [0.717, 1.165) is 32.1 Å². The molecule has 0 aliphatic heterocycles. The zero-order chi connectivity index (χ0) is 32.7. The van der Waals surface area contributed by atoms with Crippen LogP contribution >= 0.6 is 0 Å². The van der Waals surface area contributed by atoms with Crippen molar-refractivity contribution in [2.45, 2.75) is 208 Å². The van der Waals surface area contributed by atoms with Crippen molar-refractivity contribution < 1.29 is 19.1 Å². The number of rotatable bonds is 33. The first-order chi connectivity index (χ1) is 21.3. The summed E-state index contributed by atoms with van der Waals surface area (Å²) in [6, 6.07) is 0. The summed E-state index contributed by atoms with van der Waals surface area (Å²) in [6.45, 7) is 14.6. The fraction of sp³-hybridized carbons (Fsp3) is 0.950. The number of hydrogen-bond acceptors (Lipinski definition) is 4. The average Bonchev–Trinajstić information content (AvgIpc) is 2.99. The minimum absolute atomic E-state index is 0.000618. The number of esters is 2. The van der Waals surface area contributed by atoms with Crippen LogP contribution in [0.2, 0.25) is 0 Å². The van der Waals surface area contributed by atoms with Crippen LogP contribution in [0.1, 0.15) is 208 Å². The maximum Gasteiger partial charge on any atom is 0.309 e. The van der Waals surface area contributed by atoms with Crippen LogP contribution in [0, 0.1) is 23.7 Å². The molecule has 0 bridgehead atoms. The fourth-order valence-electron chi connectivity index (χ4n) is 6.58. The predicted molar refractivity (Wildman–Crippen MR) is 190 cm³/mol. The van der Waals surface area contributed by atoms with Crippen molar-refractivity contribution in [3.63, 3.8) is 0 Å². The van der Waals surface area contributed by atoms with Gasteiger partial charge in [-0.2, -0.15) is 0 Å². The Hall–Kier alpha value is -1.06. The van der Waals surface area contributed by atoms with Crippen molar-refractivity contribution in [2.75, 3.05) is 13.2 Å². The lowest BCUT2D eigenvalue weighted by Crippen LogP contribution is -2.33. The Morgan fingerprint density at radius 3 is 1.27 bits per heavy atom. The number of ether oxygens (including phenoxy) is 2. The number of carbonyl (C=O) groups is 2. The highest BCUT2D eigenvalue weighted by Crippen LogP contribution is 2.33. The average molecular weight is 623 g/mol. The van der Waals surface area contributed by atoms with Gasteiger partial charge in [-0.1, -0.05) is 176 Å². The van der Waals surface area contributed by atoms with E-state index in [9.17, 15) is 9.59 Å². The van der Waals surface area contributed by atoms with E-state index in [2.05, 4.69) is 41.5 Å². The third-order valence-corrected chi connectivity index (χ3v) is 9.48. The second-order valence-electron chi connectivity index (χ2n) is 14.4. The van der Waals surface area contributed by atoms with Gasteiger partial charge in [0.05, 0.1) is 19.1 Å². The second kappa shape index (κ2) is 31.9. The van der Waals surface area contributed by atoms with Gasteiger partial charge in [-0.3, -0.25) is 9.59 Å². The fourth-order valence-corrected chi connectivity index (χ4v) is 6.58. The van der Waals surface area contributed by atoms with Crippen LogP contribution in [0.5, 0.6) is 0 Å². The van der Waals surface area contributed by atoms with E-state index in [0.29, 0.717) is 37.4 Å². The summed E-state index contributed by atoms with van der Waals surface area (Å²) in [5.74, 6) is 1.33. The lowest BCUT2D eigenvalue weighted by Gasteiger charge is -2.31. The number of hydrogen-bond donors (Lipinski definition) is 0. The summed E-state index contributed by atoms with van der Waals surface area (Å²) < 4.78 is 11.2. The molecule has 2 unspecified atom stereocenters. The highest BCUT2D eigenvalue weighted by Gasteiger charge is 2.33. The Morgan fingerprint density at radius 1 is 0.455 bits per heavy atom. The molecule has 0 rings (SSSR count). The molecule has 0 spiro atoms. The van der Waals surface area contributed by atoms with Gasteiger partial charge in [-0.25, -0.2) is 0 Å². The second-order valence-corrected chi connectivity index (χ2v) is 14.4. The quantitative estimate of drug-likeness (QED) is 0.0539. The van der Waals surface area contributed by atoms with Gasteiger partial charge in [0, 0.05) is 6.42 Å². The Balaban J connectivity index is 3.80. The van der Waals surface area contributed by atoms with Crippen molar-refractivity contribution >= 4 is 11.9 Å². The van der Waals surface area contributed by atoms with Gasteiger partial charge in [0.2, 0.25) is 0 Å². The summed E-state index contributed by atoms with van der Waals surface area (Å²) in [6.07, 6.45) is 31.6. The molecule has 0 aromatic heterocycles. The summed E-state index contributed by atoms with van der Waals surface area (Å²) in [5.41, 5.74) is 0. The van der Waals surface area contributed by atoms with Crippen LogP contribution in [-0.2, 0) is 19.1 Å². The lowest BCUT2D eigenvalue weighted by molar-refractivity contribution is -0.153. The Labute approximate surface area is 276 Å². The highest BCUT2D eigenvalue weighted by molar-refractivity contribution is 5.73. The van der Waals surface area contributed by atoms with E-state index in [1.807, 2.05) is 0 Å². The van der Waals surface area contributed by atoms with E-state index >= 15 is 0 Å². The summed E-state index contributed by atoms with van der Waals surface area (Å²) >= 11 is 0. The summed E-state index contributed by atoms with van der Waals surface area (Å²) in [4.78, 5) is 24.9. The van der Waals surface area contributed by atoms with E-state index in [4.69, 9.17) is 9.47 Å². The predicted octanol–water partition coefficient (Wildman–Crippen LogP) is 12.8. The third kappa shape index (κ3) is 26.2. The van der Waals surface area contributed by atoms with Crippen LogP contribution in [0.3, 0.4) is 0 Å². The molecule has 0 aromatic carbocycles. The van der Waals surface area contributed by atoms with Crippen LogP contribution in [0.15, 0.2) is 0 Å². The van der Waals surface area contributed by atoms with Crippen LogP contribution in [0.25, 0.3) is 0 Å². The Bertz CT molecular complexity index is 629. The molecule has 262 valence electrons. The molecule has 0 radical (unpaired) electrons. The van der Waals surface area contributed by atoms with E-state index in [1.54, 1.807) is 0 Å². The monoisotopic (exact) mass is 623 g/mol. The standard InChI is InChI=1S/C40H78O4/c1-7-9-11-13-25-29-33-43-38(41)32-28-24-22-20-18-16-15-17-19-21-23-27-31-37(35(3)4)39(36(5)6)40(42)44-34-30-26-14-12-10-8-2/h35-37,39H,7-34H2,1-6H3. The molecule has 4 heteroatoms. The third-order valence-electron chi connectivity index (χ3n) is 9.48. The Morgan fingerprint density at radius 2 is 0.841 bits per heavy atom. The first-order valence-electron chi connectivity index (χ1n) is 19.7. The minimum atomic E-state index is -0.000618. The molecule has 0 aromatic rings. The van der Waals surface area contributed by atoms with Crippen molar-refractivity contribution in [3.8, 4) is 0 Å². The number of carbonyl (C=O) groups excluding carboxylic acids is 2. The van der Waals surface area contributed by atoms with Gasteiger partial charge in [-0.15, -0.1) is 0 Å². The first-order valence-corrected chi connectivity index (χ1v) is 19.7.